The van der Waals surface area contributed by atoms with Gasteiger partial charge in [-0.2, -0.15) is 0 Å². The molecule has 0 saturated carbocycles. The van der Waals surface area contributed by atoms with Crippen LogP contribution >= 0.6 is 0 Å². The maximum absolute atomic E-state index is 13.1. The van der Waals surface area contributed by atoms with Crippen LogP contribution in [0.25, 0.3) is 0 Å². The second kappa shape index (κ2) is 8.29. The summed E-state index contributed by atoms with van der Waals surface area (Å²) >= 11 is 0. The third-order valence-electron chi connectivity index (χ3n) is 3.87. The summed E-state index contributed by atoms with van der Waals surface area (Å²) in [5, 5.41) is 0. The molecule has 2 aromatic carbocycles. The van der Waals surface area contributed by atoms with Crippen molar-refractivity contribution in [2.24, 2.45) is 0 Å². The molecule has 0 aliphatic carbocycles. The highest BCUT2D eigenvalue weighted by molar-refractivity contribution is 6.03. The van der Waals surface area contributed by atoms with Gasteiger partial charge >= 0.3 is 5.97 Å². The molecule has 0 saturated heterocycles. The molecule has 1 atom stereocenters. The summed E-state index contributed by atoms with van der Waals surface area (Å²) in [5.74, 6) is -0.0627. The molecular weight excluding hydrogens is 316 g/mol. The Bertz CT molecular complexity index is 792. The number of Topliss-reactive ketones (excluding diaryl/α,β-unsaturated/α-hetero) is 1. The van der Waals surface area contributed by atoms with E-state index in [4.69, 9.17) is 9.47 Å². The van der Waals surface area contributed by atoms with Gasteiger partial charge < -0.3 is 9.47 Å². The molecule has 4 nitrogen and oxygen atoms in total. The molecule has 0 fully saturated rings. The minimum atomic E-state index is -0.482. The van der Waals surface area contributed by atoms with Gasteiger partial charge in [0.15, 0.2) is 5.78 Å². The lowest BCUT2D eigenvalue weighted by Gasteiger charge is -2.19. The fourth-order valence-corrected chi connectivity index (χ4v) is 2.76. The molecule has 0 N–H and O–H groups in total. The van der Waals surface area contributed by atoms with E-state index in [1.165, 1.54) is 6.92 Å². The SMILES string of the molecule is C=CCOc1ccccc1C(=O)C(C)c1c(C)cccc1OC(C)=O. The molecule has 2 aromatic rings. The zero-order chi connectivity index (χ0) is 18.4. The molecule has 4 heteroatoms. The molecular formula is C21H22O4. The van der Waals surface area contributed by atoms with Gasteiger partial charge in [0.25, 0.3) is 0 Å². The van der Waals surface area contributed by atoms with E-state index in [9.17, 15) is 9.59 Å². The highest BCUT2D eigenvalue weighted by Crippen LogP contribution is 2.34. The number of hydrogen-bond acceptors (Lipinski definition) is 4. The summed E-state index contributed by atoms with van der Waals surface area (Å²) in [6.45, 7) is 8.99. The van der Waals surface area contributed by atoms with Crippen LogP contribution in [0.3, 0.4) is 0 Å². The molecule has 0 aliphatic rings. The maximum Gasteiger partial charge on any atom is 0.308 e. The third-order valence-corrected chi connectivity index (χ3v) is 3.87. The molecule has 2 rings (SSSR count). The quantitative estimate of drug-likeness (QED) is 0.323. The lowest BCUT2D eigenvalue weighted by molar-refractivity contribution is -0.131. The Morgan fingerprint density at radius 2 is 1.80 bits per heavy atom. The number of benzene rings is 2. The first-order chi connectivity index (χ1) is 12.0. The molecule has 0 radical (unpaired) electrons. The van der Waals surface area contributed by atoms with Gasteiger partial charge in [0.05, 0.1) is 5.56 Å². The Hall–Kier alpha value is -2.88. The van der Waals surface area contributed by atoms with Gasteiger partial charge in [-0.15, -0.1) is 0 Å². The van der Waals surface area contributed by atoms with Crippen LogP contribution in [0.4, 0.5) is 0 Å². The maximum atomic E-state index is 13.1. The van der Waals surface area contributed by atoms with Crippen molar-refractivity contribution in [1.29, 1.82) is 0 Å². The largest absolute Gasteiger partial charge is 0.489 e. The van der Waals surface area contributed by atoms with E-state index in [0.717, 1.165) is 5.56 Å². The van der Waals surface area contributed by atoms with Crippen molar-refractivity contribution >= 4 is 11.8 Å². The monoisotopic (exact) mass is 338 g/mol. The number of aryl methyl sites for hydroxylation is 1. The Morgan fingerprint density at radius 3 is 2.48 bits per heavy atom. The van der Waals surface area contributed by atoms with E-state index in [1.54, 1.807) is 36.4 Å². The van der Waals surface area contributed by atoms with Gasteiger partial charge in [0, 0.05) is 18.4 Å². The molecule has 0 heterocycles. The van der Waals surface area contributed by atoms with Crippen LogP contribution in [0.2, 0.25) is 0 Å². The Kier molecular flexibility index (Phi) is 6.12. The van der Waals surface area contributed by atoms with Crippen molar-refractivity contribution in [2.45, 2.75) is 26.7 Å². The van der Waals surface area contributed by atoms with Crippen LogP contribution in [0.1, 0.15) is 41.3 Å². The van der Waals surface area contributed by atoms with Crippen molar-refractivity contribution in [2.75, 3.05) is 6.61 Å². The van der Waals surface area contributed by atoms with Crippen LogP contribution in [-0.4, -0.2) is 18.4 Å². The van der Waals surface area contributed by atoms with E-state index >= 15 is 0 Å². The lowest BCUT2D eigenvalue weighted by Crippen LogP contribution is -2.15. The molecule has 1 unspecified atom stereocenters. The second-order valence-corrected chi connectivity index (χ2v) is 5.76. The number of ketones is 1. The molecule has 0 aromatic heterocycles. The van der Waals surface area contributed by atoms with Crippen LogP contribution in [0.15, 0.2) is 55.1 Å². The Labute approximate surface area is 148 Å². The third kappa shape index (κ3) is 4.35. The summed E-state index contributed by atoms with van der Waals surface area (Å²) in [7, 11) is 0. The summed E-state index contributed by atoms with van der Waals surface area (Å²) in [4.78, 5) is 24.4. The minimum absolute atomic E-state index is 0.0950. The van der Waals surface area contributed by atoms with Gasteiger partial charge in [-0.05, 0) is 30.7 Å². The molecule has 0 aliphatic heterocycles. The van der Waals surface area contributed by atoms with Crippen molar-refractivity contribution in [3.05, 3.63) is 71.8 Å². The van der Waals surface area contributed by atoms with Gasteiger partial charge in [-0.1, -0.05) is 43.8 Å². The van der Waals surface area contributed by atoms with Crippen molar-refractivity contribution < 1.29 is 19.1 Å². The fraction of sp³-hybridized carbons (Fsp3) is 0.238. The number of esters is 1. The normalized spacial score (nSPS) is 11.5. The van der Waals surface area contributed by atoms with E-state index in [-0.39, 0.29) is 5.78 Å². The Morgan fingerprint density at radius 1 is 1.12 bits per heavy atom. The number of para-hydroxylation sites is 1. The van der Waals surface area contributed by atoms with Gasteiger partial charge in [-0.25, -0.2) is 0 Å². The van der Waals surface area contributed by atoms with E-state index in [2.05, 4.69) is 6.58 Å². The standard InChI is InChI=1S/C21H22O4/c1-5-13-24-18-11-7-6-10-17(18)21(23)15(3)20-14(2)9-8-12-19(20)25-16(4)22/h5-12,15H,1,13H2,2-4H3. The van der Waals surface area contributed by atoms with Gasteiger partial charge in [0.1, 0.15) is 18.1 Å². The number of ether oxygens (including phenoxy) is 2. The highest BCUT2D eigenvalue weighted by Gasteiger charge is 2.25. The molecule has 0 bridgehead atoms. The smallest absolute Gasteiger partial charge is 0.308 e. The average Bonchev–Trinajstić information content (AvgIpc) is 2.58. The summed E-state index contributed by atoms with van der Waals surface area (Å²) in [6.07, 6.45) is 1.63. The first-order valence-corrected chi connectivity index (χ1v) is 8.10. The van der Waals surface area contributed by atoms with E-state index < -0.39 is 11.9 Å². The molecule has 0 amide bonds. The molecule has 130 valence electrons. The number of hydrogen-bond donors (Lipinski definition) is 0. The van der Waals surface area contributed by atoms with Crippen LogP contribution < -0.4 is 9.47 Å². The number of rotatable bonds is 7. The van der Waals surface area contributed by atoms with Crippen LogP contribution in [0, 0.1) is 6.92 Å². The summed E-state index contributed by atoms with van der Waals surface area (Å²) in [6, 6.07) is 12.5. The van der Waals surface area contributed by atoms with Crippen LogP contribution in [0.5, 0.6) is 11.5 Å². The predicted octanol–water partition coefficient (Wildman–Crippen LogP) is 4.47. The second-order valence-electron chi connectivity index (χ2n) is 5.76. The summed E-state index contributed by atoms with van der Waals surface area (Å²) < 4.78 is 10.9. The van der Waals surface area contributed by atoms with E-state index in [0.29, 0.717) is 29.2 Å². The minimum Gasteiger partial charge on any atom is -0.489 e. The number of carbonyl (C=O) groups excluding carboxylic acids is 2. The molecule has 0 spiro atoms. The van der Waals surface area contributed by atoms with Crippen molar-refractivity contribution in [3.63, 3.8) is 0 Å². The van der Waals surface area contributed by atoms with Crippen molar-refractivity contribution in [1.82, 2.24) is 0 Å². The highest BCUT2D eigenvalue weighted by atomic mass is 16.5. The van der Waals surface area contributed by atoms with Gasteiger partial charge in [-0.3, -0.25) is 9.59 Å². The fourth-order valence-electron chi connectivity index (χ4n) is 2.76. The van der Waals surface area contributed by atoms with Crippen molar-refractivity contribution in [3.8, 4) is 11.5 Å². The number of carbonyl (C=O) groups is 2. The Balaban J connectivity index is 2.42. The van der Waals surface area contributed by atoms with Gasteiger partial charge in [0.2, 0.25) is 0 Å². The zero-order valence-corrected chi connectivity index (χ0v) is 14.7. The predicted molar refractivity (Wildman–Crippen MR) is 97.4 cm³/mol. The summed E-state index contributed by atoms with van der Waals surface area (Å²) in [5.41, 5.74) is 2.10. The lowest BCUT2D eigenvalue weighted by atomic mass is 9.88. The first-order valence-electron chi connectivity index (χ1n) is 8.10. The molecule has 25 heavy (non-hydrogen) atoms. The topological polar surface area (TPSA) is 52.6 Å². The first kappa shape index (κ1) is 18.5. The van der Waals surface area contributed by atoms with Crippen LogP contribution in [-0.2, 0) is 4.79 Å². The zero-order valence-electron chi connectivity index (χ0n) is 14.7. The van der Waals surface area contributed by atoms with E-state index in [1.807, 2.05) is 26.0 Å². The average molecular weight is 338 g/mol.